The third-order valence-corrected chi connectivity index (χ3v) is 14.2. The van der Waals surface area contributed by atoms with Gasteiger partial charge in [-0.3, -0.25) is 4.79 Å². The first kappa shape index (κ1) is 27.0. The van der Waals surface area contributed by atoms with Gasteiger partial charge in [0.05, 0.1) is 6.61 Å². The zero-order valence-electron chi connectivity index (χ0n) is 23.4. The predicted molar refractivity (Wildman–Crippen MR) is 145 cm³/mol. The minimum absolute atomic E-state index is 0.0605. The van der Waals surface area contributed by atoms with Gasteiger partial charge in [-0.15, -0.1) is 0 Å². The van der Waals surface area contributed by atoms with E-state index in [1.165, 1.54) is 16.7 Å². The molecule has 3 aliphatic carbocycles. The van der Waals surface area contributed by atoms with Gasteiger partial charge in [-0.2, -0.15) is 0 Å². The lowest BCUT2D eigenvalue weighted by Crippen LogP contribution is -2.44. The highest BCUT2D eigenvalue weighted by Crippen LogP contribution is 2.61. The van der Waals surface area contributed by atoms with Crippen molar-refractivity contribution in [1.82, 2.24) is 0 Å². The van der Waals surface area contributed by atoms with E-state index >= 15 is 0 Å². The van der Waals surface area contributed by atoms with E-state index in [1.807, 2.05) is 6.92 Å². The summed E-state index contributed by atoms with van der Waals surface area (Å²) < 4.78 is 11.8. The molecule has 0 amide bonds. The van der Waals surface area contributed by atoms with Crippen LogP contribution in [0.2, 0.25) is 18.1 Å². The number of fused-ring (bicyclic) bond motifs is 5. The average molecular weight is 513 g/mol. The molecule has 4 rings (SSSR count). The summed E-state index contributed by atoms with van der Waals surface area (Å²) in [5, 5.41) is 10.7. The fraction of sp³-hybridized carbons (Fsp3) is 0.667. The highest BCUT2D eigenvalue weighted by molar-refractivity contribution is 6.74. The minimum Gasteiger partial charge on any atom is -0.543 e. The standard InChI is InChI=1S/C30H44O5Si/c1-9-18-15-22-19(16-25(18)35-36(7,8)29(3,4)5)11-12-21-20(22)13-14-30(6)24(21)17-23(27(30)32)26(31)28(33)34-10-2/h15-16,20-21,24,31H,9-14,17H2,1-8H3/b26-23-/t20?,21?,24?,30-/m0/s1. The summed E-state index contributed by atoms with van der Waals surface area (Å²) in [6.07, 6.45) is 5.11. The fourth-order valence-corrected chi connectivity index (χ4v) is 7.65. The van der Waals surface area contributed by atoms with Gasteiger partial charge in [-0.05, 0) is 104 Å². The molecule has 1 aromatic rings. The normalized spacial score (nSPS) is 29.2. The van der Waals surface area contributed by atoms with Gasteiger partial charge in [-0.1, -0.05) is 40.7 Å². The number of hydrogen-bond donors (Lipinski definition) is 1. The number of ether oxygens (including phenoxy) is 1. The molecule has 3 unspecified atom stereocenters. The number of hydrogen-bond acceptors (Lipinski definition) is 5. The Hall–Kier alpha value is -2.08. The van der Waals surface area contributed by atoms with Crippen LogP contribution in [-0.2, 0) is 27.2 Å². The van der Waals surface area contributed by atoms with Gasteiger partial charge >= 0.3 is 5.97 Å². The van der Waals surface area contributed by atoms with E-state index in [0.717, 1.165) is 37.9 Å². The molecule has 4 atom stereocenters. The molecule has 5 nitrogen and oxygen atoms in total. The van der Waals surface area contributed by atoms with Crippen LogP contribution in [-0.4, -0.2) is 31.8 Å². The van der Waals surface area contributed by atoms with Crippen molar-refractivity contribution >= 4 is 20.1 Å². The first-order valence-corrected chi connectivity index (χ1v) is 16.6. The maximum absolute atomic E-state index is 13.5. The molecule has 6 heteroatoms. The Bertz CT molecular complexity index is 1100. The Labute approximate surface area is 217 Å². The maximum atomic E-state index is 13.5. The fourth-order valence-electron chi connectivity index (χ4n) is 6.61. The zero-order valence-corrected chi connectivity index (χ0v) is 24.4. The van der Waals surface area contributed by atoms with Gasteiger partial charge < -0.3 is 14.3 Å². The number of aryl methyl sites for hydroxylation is 2. The van der Waals surface area contributed by atoms with Crippen LogP contribution in [0.15, 0.2) is 23.5 Å². The number of rotatable bonds is 5. The van der Waals surface area contributed by atoms with Crippen molar-refractivity contribution in [2.45, 2.75) is 104 Å². The SMILES string of the molecule is CCOC(=O)/C(O)=C1\CC2C3CCc4cc(O[Si](C)(C)C(C)(C)C)c(CC)cc4C3CC[C@]2(C)C1=O. The molecule has 0 aromatic heterocycles. The van der Waals surface area contributed by atoms with Gasteiger partial charge in [0.2, 0.25) is 14.1 Å². The number of aliphatic hydroxyl groups excluding tert-OH is 1. The second-order valence-corrected chi connectivity index (χ2v) is 17.6. The third kappa shape index (κ3) is 4.33. The third-order valence-electron chi connectivity index (χ3n) is 9.82. The first-order valence-electron chi connectivity index (χ1n) is 13.7. The van der Waals surface area contributed by atoms with E-state index in [1.54, 1.807) is 6.92 Å². The topological polar surface area (TPSA) is 72.8 Å². The van der Waals surface area contributed by atoms with Crippen LogP contribution >= 0.6 is 0 Å². The molecule has 3 aliphatic rings. The Morgan fingerprint density at radius 2 is 1.89 bits per heavy atom. The molecule has 0 bridgehead atoms. The molecule has 1 aromatic carbocycles. The van der Waals surface area contributed by atoms with Gasteiger partial charge in [0.1, 0.15) is 5.75 Å². The molecule has 198 valence electrons. The maximum Gasteiger partial charge on any atom is 0.373 e. The van der Waals surface area contributed by atoms with E-state index in [9.17, 15) is 14.7 Å². The summed E-state index contributed by atoms with van der Waals surface area (Å²) in [4.78, 5) is 25.7. The number of allylic oxidation sites excluding steroid dienone is 1. The number of carbonyl (C=O) groups excluding carboxylic acids is 2. The lowest BCUT2D eigenvalue weighted by molar-refractivity contribution is -0.142. The van der Waals surface area contributed by atoms with Crippen LogP contribution in [0.5, 0.6) is 5.75 Å². The molecular formula is C30H44O5Si. The molecular weight excluding hydrogens is 468 g/mol. The number of Topliss-reactive ketones (excluding diaryl/α,β-unsaturated/α-hetero) is 1. The van der Waals surface area contributed by atoms with E-state index in [4.69, 9.17) is 9.16 Å². The second kappa shape index (κ2) is 9.34. The van der Waals surface area contributed by atoms with Crippen LogP contribution in [0.25, 0.3) is 0 Å². The van der Waals surface area contributed by atoms with Crippen LogP contribution < -0.4 is 4.43 Å². The molecule has 0 radical (unpaired) electrons. The number of esters is 1. The number of carbonyl (C=O) groups is 2. The summed E-state index contributed by atoms with van der Waals surface area (Å²) in [6.45, 7) is 17.6. The minimum atomic E-state index is -1.95. The van der Waals surface area contributed by atoms with Crippen molar-refractivity contribution < 1.29 is 23.9 Å². The van der Waals surface area contributed by atoms with Crippen molar-refractivity contribution in [3.63, 3.8) is 0 Å². The van der Waals surface area contributed by atoms with E-state index in [2.05, 4.69) is 52.9 Å². The predicted octanol–water partition coefficient (Wildman–Crippen LogP) is 7.04. The van der Waals surface area contributed by atoms with Crippen LogP contribution in [0.1, 0.15) is 89.8 Å². The first-order chi connectivity index (χ1) is 16.7. The van der Waals surface area contributed by atoms with E-state index in [-0.39, 0.29) is 28.9 Å². The Morgan fingerprint density at radius 3 is 2.50 bits per heavy atom. The number of aliphatic hydroxyl groups is 1. The molecule has 1 N–H and O–H groups in total. The van der Waals surface area contributed by atoms with Crippen LogP contribution in [0.3, 0.4) is 0 Å². The highest BCUT2D eigenvalue weighted by Gasteiger charge is 2.57. The number of ketones is 1. The smallest absolute Gasteiger partial charge is 0.373 e. The van der Waals surface area contributed by atoms with Crippen molar-refractivity contribution in [2.24, 2.45) is 17.3 Å². The molecule has 0 aliphatic heterocycles. The Kier molecular flexibility index (Phi) is 7.00. The van der Waals surface area contributed by atoms with E-state index in [0.29, 0.717) is 18.3 Å². The molecule has 2 saturated carbocycles. The molecule has 0 heterocycles. The van der Waals surface area contributed by atoms with Crippen molar-refractivity contribution in [1.29, 1.82) is 0 Å². The van der Waals surface area contributed by atoms with Crippen LogP contribution in [0.4, 0.5) is 0 Å². The molecule has 0 saturated heterocycles. The van der Waals surface area contributed by atoms with Crippen LogP contribution in [0, 0.1) is 17.3 Å². The van der Waals surface area contributed by atoms with Gasteiger partial charge in [0.25, 0.3) is 0 Å². The van der Waals surface area contributed by atoms with Crippen molar-refractivity contribution in [3.8, 4) is 5.75 Å². The second-order valence-electron chi connectivity index (χ2n) is 12.8. The Balaban J connectivity index is 1.67. The summed E-state index contributed by atoms with van der Waals surface area (Å²) in [6, 6.07) is 4.71. The summed E-state index contributed by atoms with van der Waals surface area (Å²) in [7, 11) is -1.95. The average Bonchev–Trinajstić information content (AvgIpc) is 3.08. The zero-order chi connectivity index (χ0) is 26.6. The van der Waals surface area contributed by atoms with Gasteiger partial charge in [-0.25, -0.2) is 4.79 Å². The van der Waals surface area contributed by atoms with E-state index < -0.39 is 25.5 Å². The quantitative estimate of drug-likeness (QED) is 0.198. The van der Waals surface area contributed by atoms with Crippen molar-refractivity contribution in [3.05, 3.63) is 40.2 Å². The van der Waals surface area contributed by atoms with Gasteiger partial charge in [0.15, 0.2) is 5.78 Å². The molecule has 2 fully saturated rings. The largest absolute Gasteiger partial charge is 0.543 e. The Morgan fingerprint density at radius 1 is 1.19 bits per heavy atom. The summed E-state index contributed by atoms with van der Waals surface area (Å²) in [5.74, 6) is 0.635. The van der Waals surface area contributed by atoms with Crippen molar-refractivity contribution in [2.75, 3.05) is 6.61 Å². The molecule has 0 spiro atoms. The monoisotopic (exact) mass is 512 g/mol. The lowest BCUT2D eigenvalue weighted by atomic mass is 9.55. The highest BCUT2D eigenvalue weighted by atomic mass is 28.4. The summed E-state index contributed by atoms with van der Waals surface area (Å²) >= 11 is 0. The number of benzene rings is 1. The molecule has 36 heavy (non-hydrogen) atoms. The van der Waals surface area contributed by atoms with Gasteiger partial charge in [0, 0.05) is 11.0 Å². The summed E-state index contributed by atoms with van der Waals surface area (Å²) in [5.41, 5.74) is 3.84. The lowest BCUT2D eigenvalue weighted by Gasteiger charge is -2.48.